The van der Waals surface area contributed by atoms with Crippen molar-refractivity contribution in [1.82, 2.24) is 15.2 Å². The summed E-state index contributed by atoms with van der Waals surface area (Å²) in [7, 11) is 3.37. The number of methoxy groups -OCH3 is 1. The fourth-order valence-electron chi connectivity index (χ4n) is 2.30. The molecule has 1 aromatic heterocycles. The van der Waals surface area contributed by atoms with Crippen molar-refractivity contribution < 1.29 is 9.53 Å². The lowest BCUT2D eigenvalue weighted by molar-refractivity contribution is 0.0600. The topological polar surface area (TPSA) is 66.8 Å². The van der Waals surface area contributed by atoms with Gasteiger partial charge in [0.1, 0.15) is 0 Å². The van der Waals surface area contributed by atoms with E-state index in [0.717, 1.165) is 28.8 Å². The van der Waals surface area contributed by atoms with Gasteiger partial charge in [-0.15, -0.1) is 35.3 Å². The zero-order valence-electron chi connectivity index (χ0n) is 15.5. The third-order valence-corrected chi connectivity index (χ3v) is 4.37. The third kappa shape index (κ3) is 6.56. The summed E-state index contributed by atoms with van der Waals surface area (Å²) in [6.45, 7) is 6.08. The number of guanidine groups is 1. The summed E-state index contributed by atoms with van der Waals surface area (Å²) in [4.78, 5) is 22.7. The molecule has 0 radical (unpaired) electrons. The lowest BCUT2D eigenvalue weighted by atomic mass is 10.1. The van der Waals surface area contributed by atoms with Crippen molar-refractivity contribution in [2.45, 2.75) is 26.9 Å². The minimum absolute atomic E-state index is 0. The Morgan fingerprint density at radius 1 is 1.35 bits per heavy atom. The van der Waals surface area contributed by atoms with Crippen LogP contribution in [0, 0.1) is 6.92 Å². The Morgan fingerprint density at radius 2 is 2.04 bits per heavy atom. The molecule has 142 valence electrons. The van der Waals surface area contributed by atoms with Crippen LogP contribution < -0.4 is 5.32 Å². The number of carbonyl (C=O) groups is 1. The SMILES string of the molecule is CCNC(=NCc1ccc(C(=O)OC)cc1)N(C)Cc1csc(C)n1.I. The zero-order valence-corrected chi connectivity index (χ0v) is 18.6. The van der Waals surface area contributed by atoms with E-state index in [-0.39, 0.29) is 29.9 Å². The molecule has 6 nitrogen and oxygen atoms in total. The van der Waals surface area contributed by atoms with Gasteiger partial charge in [0.15, 0.2) is 5.96 Å². The number of aliphatic imine (C=N–C) groups is 1. The molecule has 0 unspecified atom stereocenters. The van der Waals surface area contributed by atoms with E-state index in [2.05, 4.69) is 25.6 Å². The summed E-state index contributed by atoms with van der Waals surface area (Å²) in [6, 6.07) is 7.29. The highest BCUT2D eigenvalue weighted by molar-refractivity contribution is 14.0. The first-order chi connectivity index (χ1) is 12.0. The van der Waals surface area contributed by atoms with Gasteiger partial charge in [-0.25, -0.2) is 14.8 Å². The molecule has 8 heteroatoms. The Morgan fingerprint density at radius 3 is 2.58 bits per heavy atom. The van der Waals surface area contributed by atoms with E-state index in [1.807, 2.05) is 33.0 Å². The van der Waals surface area contributed by atoms with Crippen LogP contribution in [-0.2, 0) is 17.8 Å². The van der Waals surface area contributed by atoms with Crippen LogP contribution in [-0.4, -0.2) is 42.5 Å². The van der Waals surface area contributed by atoms with Gasteiger partial charge in [-0.3, -0.25) is 0 Å². The summed E-state index contributed by atoms with van der Waals surface area (Å²) in [5.41, 5.74) is 2.61. The van der Waals surface area contributed by atoms with Gasteiger partial charge in [0.2, 0.25) is 0 Å². The quantitative estimate of drug-likeness (QED) is 0.292. The summed E-state index contributed by atoms with van der Waals surface area (Å²) in [6.07, 6.45) is 0. The van der Waals surface area contributed by atoms with Crippen LogP contribution in [0.1, 0.15) is 33.5 Å². The number of esters is 1. The number of aromatic nitrogens is 1. The van der Waals surface area contributed by atoms with E-state index in [9.17, 15) is 4.79 Å². The van der Waals surface area contributed by atoms with E-state index >= 15 is 0 Å². The summed E-state index contributed by atoms with van der Waals surface area (Å²) < 4.78 is 4.71. The van der Waals surface area contributed by atoms with Crippen molar-refractivity contribution in [2.24, 2.45) is 4.99 Å². The molecule has 1 N–H and O–H groups in total. The Hall–Kier alpha value is -1.68. The minimum atomic E-state index is -0.332. The molecule has 0 saturated heterocycles. The molecule has 2 aromatic rings. The molecule has 0 bridgehead atoms. The first-order valence-electron chi connectivity index (χ1n) is 8.11. The van der Waals surface area contributed by atoms with Crippen molar-refractivity contribution in [3.05, 3.63) is 51.5 Å². The van der Waals surface area contributed by atoms with Gasteiger partial charge in [0.25, 0.3) is 0 Å². The van der Waals surface area contributed by atoms with Crippen LogP contribution in [0.5, 0.6) is 0 Å². The molecule has 0 aliphatic heterocycles. The van der Waals surface area contributed by atoms with Crippen LogP contribution in [0.25, 0.3) is 0 Å². The normalized spacial score (nSPS) is 10.8. The lowest BCUT2D eigenvalue weighted by Crippen LogP contribution is -2.38. The number of hydrogen-bond donors (Lipinski definition) is 1. The number of rotatable bonds is 6. The Bertz CT molecular complexity index is 731. The standard InChI is InChI=1S/C18H24N4O2S.HI/c1-5-19-18(22(3)11-16-12-25-13(2)21-16)20-10-14-6-8-15(9-7-14)17(23)24-4;/h6-9,12H,5,10-11H2,1-4H3,(H,19,20);1H. The summed E-state index contributed by atoms with van der Waals surface area (Å²) in [5.74, 6) is 0.492. The highest BCUT2D eigenvalue weighted by atomic mass is 127. The first-order valence-corrected chi connectivity index (χ1v) is 8.99. The number of aryl methyl sites for hydroxylation is 1. The van der Waals surface area contributed by atoms with E-state index in [1.165, 1.54) is 7.11 Å². The monoisotopic (exact) mass is 488 g/mol. The fraction of sp³-hybridized carbons (Fsp3) is 0.389. The lowest BCUT2D eigenvalue weighted by Gasteiger charge is -2.21. The van der Waals surface area contributed by atoms with E-state index in [4.69, 9.17) is 4.74 Å². The van der Waals surface area contributed by atoms with Crippen molar-refractivity contribution in [3.8, 4) is 0 Å². The Balaban J connectivity index is 0.00000338. The fourth-order valence-corrected chi connectivity index (χ4v) is 2.90. The van der Waals surface area contributed by atoms with Gasteiger partial charge in [-0.05, 0) is 31.5 Å². The van der Waals surface area contributed by atoms with Crippen LogP contribution in [0.3, 0.4) is 0 Å². The number of hydrogen-bond acceptors (Lipinski definition) is 5. The molecular weight excluding hydrogens is 463 g/mol. The maximum atomic E-state index is 11.5. The second kappa shape index (κ2) is 11.1. The number of nitrogens with zero attached hydrogens (tertiary/aromatic N) is 3. The number of carbonyl (C=O) groups excluding carboxylic acids is 1. The summed E-state index contributed by atoms with van der Waals surface area (Å²) in [5, 5.41) is 6.43. The largest absolute Gasteiger partial charge is 0.465 e. The predicted molar refractivity (Wildman–Crippen MR) is 116 cm³/mol. The molecule has 26 heavy (non-hydrogen) atoms. The van der Waals surface area contributed by atoms with Gasteiger partial charge in [0, 0.05) is 19.0 Å². The maximum absolute atomic E-state index is 11.5. The molecule has 0 aliphatic rings. The minimum Gasteiger partial charge on any atom is -0.465 e. The van der Waals surface area contributed by atoms with Crippen molar-refractivity contribution >= 4 is 47.2 Å². The second-order valence-corrected chi connectivity index (χ2v) is 6.63. The molecule has 1 aromatic carbocycles. The van der Waals surface area contributed by atoms with Crippen LogP contribution in [0.15, 0.2) is 34.6 Å². The maximum Gasteiger partial charge on any atom is 0.337 e. The van der Waals surface area contributed by atoms with Crippen molar-refractivity contribution in [3.63, 3.8) is 0 Å². The van der Waals surface area contributed by atoms with E-state index < -0.39 is 0 Å². The number of benzene rings is 1. The van der Waals surface area contributed by atoms with Crippen LogP contribution in [0.2, 0.25) is 0 Å². The Kier molecular flexibility index (Phi) is 9.57. The Labute approximate surface area is 175 Å². The molecule has 0 saturated carbocycles. The van der Waals surface area contributed by atoms with Gasteiger partial charge in [-0.1, -0.05) is 12.1 Å². The molecular formula is C18H25IN4O2S. The van der Waals surface area contributed by atoms with Crippen molar-refractivity contribution in [1.29, 1.82) is 0 Å². The second-order valence-electron chi connectivity index (χ2n) is 5.57. The van der Waals surface area contributed by atoms with E-state index in [0.29, 0.717) is 18.7 Å². The average Bonchev–Trinajstić information content (AvgIpc) is 3.03. The highest BCUT2D eigenvalue weighted by Crippen LogP contribution is 2.11. The van der Waals surface area contributed by atoms with Gasteiger partial charge >= 0.3 is 5.97 Å². The van der Waals surface area contributed by atoms with Gasteiger partial charge in [-0.2, -0.15) is 0 Å². The average molecular weight is 488 g/mol. The third-order valence-electron chi connectivity index (χ3n) is 3.55. The van der Waals surface area contributed by atoms with Crippen LogP contribution in [0.4, 0.5) is 0 Å². The molecule has 0 spiro atoms. The first kappa shape index (κ1) is 22.4. The molecule has 0 amide bonds. The van der Waals surface area contributed by atoms with Crippen LogP contribution >= 0.6 is 35.3 Å². The molecule has 1 heterocycles. The molecule has 0 aliphatic carbocycles. The summed E-state index contributed by atoms with van der Waals surface area (Å²) >= 11 is 1.65. The van der Waals surface area contributed by atoms with Crippen molar-refractivity contribution in [2.75, 3.05) is 20.7 Å². The number of thiazole rings is 1. The number of halogens is 1. The molecule has 2 rings (SSSR count). The smallest absolute Gasteiger partial charge is 0.337 e. The molecule has 0 fully saturated rings. The van der Waals surface area contributed by atoms with Gasteiger partial charge < -0.3 is 15.0 Å². The predicted octanol–water partition coefficient (Wildman–Crippen LogP) is 3.45. The highest BCUT2D eigenvalue weighted by Gasteiger charge is 2.09. The number of nitrogens with one attached hydrogen (secondary N) is 1. The zero-order chi connectivity index (χ0) is 18.2. The van der Waals surface area contributed by atoms with Gasteiger partial charge in [0.05, 0.1) is 36.5 Å². The number of ether oxygens (including phenoxy) is 1. The van der Waals surface area contributed by atoms with E-state index in [1.54, 1.807) is 23.5 Å². The molecule has 0 atom stereocenters.